The van der Waals surface area contributed by atoms with E-state index in [9.17, 15) is 0 Å². The molecule has 0 N–H and O–H groups in total. The molecule has 0 fully saturated rings. The molecule has 4 heteroatoms. The number of hydrogen-bond acceptors (Lipinski definition) is 0. The Labute approximate surface area is 302 Å². The molecular weight excluding hydrogens is 719 g/mol. The van der Waals surface area contributed by atoms with Gasteiger partial charge in [0.2, 0.25) is 0 Å². The molecule has 0 saturated carbocycles. The first-order valence-electron chi connectivity index (χ1n) is 17.3. The molecule has 0 radical (unpaired) electrons. The van der Waals surface area contributed by atoms with Gasteiger partial charge in [-0.2, -0.15) is 0 Å². The van der Waals surface area contributed by atoms with E-state index < -0.39 is 27.4 Å². The van der Waals surface area contributed by atoms with E-state index in [1.54, 1.807) is 0 Å². The molecule has 1 heterocycles. The van der Waals surface area contributed by atoms with E-state index in [0.717, 1.165) is 0 Å². The Kier molecular flexibility index (Phi) is 8.77. The summed E-state index contributed by atoms with van der Waals surface area (Å²) in [5.41, 5.74) is 14.6. The Morgan fingerprint density at radius 2 is 1.29 bits per heavy atom. The van der Waals surface area contributed by atoms with Crippen LogP contribution >= 0.6 is 17.0 Å². The van der Waals surface area contributed by atoms with Crippen molar-refractivity contribution in [3.05, 3.63) is 137 Å². The van der Waals surface area contributed by atoms with Gasteiger partial charge in [0.15, 0.2) is 0 Å². The summed E-state index contributed by atoms with van der Waals surface area (Å²) >= 11 is -4.21. The summed E-state index contributed by atoms with van der Waals surface area (Å²) in [6, 6.07) is 38.6. The average Bonchev–Trinajstić information content (AvgIpc) is 3.63. The maximum absolute atomic E-state index is 8.09. The van der Waals surface area contributed by atoms with E-state index in [4.69, 9.17) is 17.0 Å². The fraction of sp³-hybridized carbons (Fsp3) is 0.273. The standard InChI is InChI=1S/C32H37.C12H9Si.2ClH.Zr/c1-21(2)28-15-14-23-16-24(22-12-10-9-11-13-22)19-29(23)30(28)25-17-26(31(3,4)5)20-27(18-25)32(6,7)8;1-3-7-11-9(5-1)10-6-2-4-8-12(10)13-11;;;/h9-21H,1-8H3;1-7H,13H2;2*1H;/q;;;;+2/p-2. The summed E-state index contributed by atoms with van der Waals surface area (Å²) in [5.74, 6) is 0.358. The van der Waals surface area contributed by atoms with Crippen molar-refractivity contribution in [3.8, 4) is 22.3 Å². The summed E-state index contributed by atoms with van der Waals surface area (Å²) in [4.78, 5) is 0. The molecule has 1 unspecified atom stereocenters. The van der Waals surface area contributed by atoms with Crippen LogP contribution in [0.2, 0.25) is 0 Å². The summed E-state index contributed by atoms with van der Waals surface area (Å²) in [6.45, 7) is 18.6. The van der Waals surface area contributed by atoms with Crippen LogP contribution in [0.3, 0.4) is 0 Å². The summed E-state index contributed by atoms with van der Waals surface area (Å²) in [5, 5.41) is 2.96. The first-order chi connectivity index (χ1) is 22.7. The van der Waals surface area contributed by atoms with Gasteiger partial charge in [-0.3, -0.25) is 0 Å². The zero-order chi connectivity index (χ0) is 34.2. The van der Waals surface area contributed by atoms with Crippen LogP contribution in [-0.2, 0) is 28.7 Å². The Bertz CT molecular complexity index is 2040. The van der Waals surface area contributed by atoms with Gasteiger partial charge in [0, 0.05) is 0 Å². The van der Waals surface area contributed by atoms with Gasteiger partial charge in [-0.05, 0) is 0 Å². The minimum atomic E-state index is -4.21. The Morgan fingerprint density at radius 3 is 1.94 bits per heavy atom. The normalized spacial score (nSPS) is 16.2. The van der Waals surface area contributed by atoms with Gasteiger partial charge in [0.25, 0.3) is 0 Å². The Balaban J connectivity index is 1.50. The molecule has 48 heavy (non-hydrogen) atoms. The number of fused-ring (bicyclic) bond motifs is 4. The number of halogens is 2. The van der Waals surface area contributed by atoms with E-state index in [1.807, 2.05) is 0 Å². The number of benzene rings is 5. The molecule has 0 nitrogen and oxygen atoms in total. The second kappa shape index (κ2) is 12.4. The maximum atomic E-state index is 8.09. The van der Waals surface area contributed by atoms with Crippen molar-refractivity contribution in [1.82, 2.24) is 0 Å². The van der Waals surface area contributed by atoms with Crippen LogP contribution in [0.1, 0.15) is 98.3 Å². The van der Waals surface area contributed by atoms with Gasteiger partial charge in [0.1, 0.15) is 0 Å². The molecule has 7 rings (SSSR count). The van der Waals surface area contributed by atoms with E-state index >= 15 is 0 Å². The molecule has 0 aromatic heterocycles. The summed E-state index contributed by atoms with van der Waals surface area (Å²) < 4.78 is 1.24. The molecule has 0 saturated heterocycles. The predicted molar refractivity (Wildman–Crippen MR) is 211 cm³/mol. The van der Waals surface area contributed by atoms with Crippen LogP contribution in [0.25, 0.3) is 33.9 Å². The first-order valence-corrected chi connectivity index (χ1v) is 27.7. The van der Waals surface area contributed by atoms with Gasteiger partial charge in [-0.25, -0.2) is 0 Å². The summed E-state index contributed by atoms with van der Waals surface area (Å²) in [6.07, 6.45) is 2.46. The third-order valence-corrected chi connectivity index (χ3v) is 24.7. The third kappa shape index (κ3) is 5.90. The Morgan fingerprint density at radius 1 is 0.667 bits per heavy atom. The van der Waals surface area contributed by atoms with Crippen molar-refractivity contribution in [2.24, 2.45) is 0 Å². The Hall–Kier alpha value is -2.48. The van der Waals surface area contributed by atoms with Gasteiger partial charge < -0.3 is 0 Å². The van der Waals surface area contributed by atoms with E-state index in [-0.39, 0.29) is 14.5 Å². The van der Waals surface area contributed by atoms with Crippen molar-refractivity contribution >= 4 is 51.8 Å². The van der Waals surface area contributed by atoms with Crippen molar-refractivity contribution in [3.63, 3.8) is 0 Å². The average molecular weight is 765 g/mol. The number of allylic oxidation sites excluding steroid dienone is 1. The van der Waals surface area contributed by atoms with Crippen LogP contribution in [0.15, 0.2) is 103 Å². The molecule has 0 spiro atoms. The number of rotatable bonds is 5. The second-order valence-corrected chi connectivity index (χ2v) is 32.0. The van der Waals surface area contributed by atoms with Crippen molar-refractivity contribution < 1.29 is 17.9 Å². The fourth-order valence-corrected chi connectivity index (χ4v) is 24.3. The predicted octanol–water partition coefficient (Wildman–Crippen LogP) is 10.6. The molecular formula is C44H46Cl2SiZr. The third-order valence-electron chi connectivity index (χ3n) is 10.5. The van der Waals surface area contributed by atoms with Crippen molar-refractivity contribution in [2.45, 2.75) is 75.8 Å². The number of hydrogen-bond donors (Lipinski definition) is 0. The van der Waals surface area contributed by atoms with Crippen molar-refractivity contribution in [1.29, 1.82) is 0 Å². The van der Waals surface area contributed by atoms with E-state index in [2.05, 4.69) is 165 Å². The van der Waals surface area contributed by atoms with Crippen LogP contribution in [-0.4, -0.2) is 9.52 Å². The summed E-state index contributed by atoms with van der Waals surface area (Å²) in [7, 11) is 15.5. The van der Waals surface area contributed by atoms with Crippen molar-refractivity contribution in [2.75, 3.05) is 0 Å². The zero-order valence-corrected chi connectivity index (χ0v) is 34.9. The minimum absolute atomic E-state index is 0.0204. The molecule has 1 aliphatic heterocycles. The molecule has 244 valence electrons. The topological polar surface area (TPSA) is 0 Å². The molecule has 0 amide bonds. The molecule has 5 aromatic carbocycles. The molecule has 1 atom stereocenters. The van der Waals surface area contributed by atoms with Crippen LogP contribution < -0.4 is 13.6 Å². The van der Waals surface area contributed by atoms with Crippen LogP contribution in [0.4, 0.5) is 0 Å². The zero-order valence-electron chi connectivity index (χ0n) is 29.5. The van der Waals surface area contributed by atoms with Gasteiger partial charge in [0.05, 0.1) is 0 Å². The fourth-order valence-electron chi connectivity index (χ4n) is 7.80. The van der Waals surface area contributed by atoms with E-state index in [1.165, 1.54) is 74.9 Å². The van der Waals surface area contributed by atoms with Crippen LogP contribution in [0.5, 0.6) is 0 Å². The van der Waals surface area contributed by atoms with Gasteiger partial charge >= 0.3 is 304 Å². The molecule has 5 aromatic rings. The van der Waals surface area contributed by atoms with Gasteiger partial charge in [-0.1, -0.05) is 0 Å². The van der Waals surface area contributed by atoms with Gasteiger partial charge in [-0.15, -0.1) is 0 Å². The second-order valence-electron chi connectivity index (χ2n) is 16.2. The monoisotopic (exact) mass is 762 g/mol. The van der Waals surface area contributed by atoms with Crippen LogP contribution in [0, 0.1) is 0 Å². The quantitative estimate of drug-likeness (QED) is 0.153. The first kappa shape index (κ1) is 34.0. The molecule has 0 bridgehead atoms. The molecule has 1 aliphatic carbocycles. The molecule has 2 aliphatic rings. The SMILES string of the molecule is CC(C)c1ccc2c(c1-c1cc(C(C)(C)C)cc(C(C)(C)C)c1)C=C(c1ccccc1)[CH]2[Zr]([Cl])([Cl])[c]1cccc2c1[SiH2]c1ccccc1-2. The van der Waals surface area contributed by atoms with E-state index in [0.29, 0.717) is 5.92 Å².